The number of amides is 2. The van der Waals surface area contributed by atoms with Gasteiger partial charge in [0.25, 0.3) is 0 Å². The molecule has 1 aromatic rings. The summed E-state index contributed by atoms with van der Waals surface area (Å²) in [5.74, 6) is -0.702. The number of nitrogens with two attached hydrogens (primary N) is 2. The minimum atomic E-state index is -0.687. The highest BCUT2D eigenvalue weighted by molar-refractivity contribution is 5.89. The predicted octanol–water partition coefficient (Wildman–Crippen LogP) is -1.24. The number of likely N-dealkylation sites (tertiary alicyclic amines) is 1. The van der Waals surface area contributed by atoms with Crippen LogP contribution in [0.15, 0.2) is 12.5 Å². The molecular weight excluding hydrogens is 234 g/mol. The van der Waals surface area contributed by atoms with Crippen molar-refractivity contribution < 1.29 is 9.59 Å². The minimum absolute atomic E-state index is 0.237. The first kappa shape index (κ1) is 12.6. The Hall–Kier alpha value is -1.89. The number of H-pyrrole nitrogens is 1. The van der Waals surface area contributed by atoms with Gasteiger partial charge in [-0.1, -0.05) is 0 Å². The van der Waals surface area contributed by atoms with E-state index in [-0.39, 0.29) is 5.91 Å². The van der Waals surface area contributed by atoms with Gasteiger partial charge >= 0.3 is 0 Å². The van der Waals surface area contributed by atoms with E-state index in [4.69, 9.17) is 11.5 Å². The van der Waals surface area contributed by atoms with Gasteiger partial charge in [0.05, 0.1) is 18.1 Å². The van der Waals surface area contributed by atoms with Gasteiger partial charge in [0.2, 0.25) is 11.8 Å². The van der Waals surface area contributed by atoms with Crippen LogP contribution in [0.4, 0.5) is 0 Å². The number of carbonyl (C=O) groups excluding carboxylic acids is 2. The zero-order chi connectivity index (χ0) is 13.1. The highest BCUT2D eigenvalue weighted by Gasteiger charge is 2.34. The molecule has 1 unspecified atom stereocenters. The Morgan fingerprint density at radius 3 is 3.00 bits per heavy atom. The number of hydrogen-bond acceptors (Lipinski definition) is 4. The number of primary amides is 1. The van der Waals surface area contributed by atoms with Crippen LogP contribution in [0.1, 0.15) is 18.5 Å². The first-order valence-corrected chi connectivity index (χ1v) is 5.92. The van der Waals surface area contributed by atoms with Crippen molar-refractivity contribution in [2.24, 2.45) is 11.5 Å². The zero-order valence-corrected chi connectivity index (χ0v) is 10.0. The third-order valence-electron chi connectivity index (χ3n) is 3.17. The quantitative estimate of drug-likeness (QED) is 0.620. The van der Waals surface area contributed by atoms with Crippen molar-refractivity contribution in [2.45, 2.75) is 31.3 Å². The van der Waals surface area contributed by atoms with Crippen molar-refractivity contribution in [3.8, 4) is 0 Å². The summed E-state index contributed by atoms with van der Waals surface area (Å²) in [5, 5.41) is 0. The van der Waals surface area contributed by atoms with Gasteiger partial charge in [0.1, 0.15) is 6.04 Å². The lowest BCUT2D eigenvalue weighted by molar-refractivity contribution is -0.138. The number of hydrogen-bond donors (Lipinski definition) is 3. The Morgan fingerprint density at radius 1 is 1.61 bits per heavy atom. The molecule has 7 nitrogen and oxygen atoms in total. The number of aromatic amines is 1. The van der Waals surface area contributed by atoms with E-state index in [9.17, 15) is 9.59 Å². The predicted molar refractivity (Wildman–Crippen MR) is 64.2 cm³/mol. The van der Waals surface area contributed by atoms with Crippen LogP contribution in [0.25, 0.3) is 0 Å². The summed E-state index contributed by atoms with van der Waals surface area (Å²) in [7, 11) is 0. The molecule has 1 fully saturated rings. The third-order valence-corrected chi connectivity index (χ3v) is 3.17. The maximum absolute atomic E-state index is 12.1. The minimum Gasteiger partial charge on any atom is -0.368 e. The van der Waals surface area contributed by atoms with E-state index < -0.39 is 18.0 Å². The van der Waals surface area contributed by atoms with Gasteiger partial charge in [0.15, 0.2) is 0 Å². The molecule has 5 N–H and O–H groups in total. The van der Waals surface area contributed by atoms with E-state index in [1.807, 2.05) is 0 Å². The summed E-state index contributed by atoms with van der Waals surface area (Å²) in [6, 6.07) is -1.20. The van der Waals surface area contributed by atoms with E-state index in [0.717, 1.165) is 12.1 Å². The average Bonchev–Trinajstić information content (AvgIpc) is 2.97. The molecule has 1 saturated heterocycles. The molecule has 0 radical (unpaired) electrons. The van der Waals surface area contributed by atoms with Crippen molar-refractivity contribution in [3.05, 3.63) is 18.2 Å². The first-order chi connectivity index (χ1) is 8.59. The summed E-state index contributed by atoms with van der Waals surface area (Å²) in [5.41, 5.74) is 11.9. The third kappa shape index (κ3) is 2.51. The molecule has 2 rings (SSSR count). The number of nitrogens with one attached hydrogen (secondary N) is 1. The summed E-state index contributed by atoms with van der Waals surface area (Å²) < 4.78 is 0. The number of rotatable bonds is 4. The fourth-order valence-electron chi connectivity index (χ4n) is 2.25. The van der Waals surface area contributed by atoms with Crippen LogP contribution < -0.4 is 11.5 Å². The Bertz CT molecular complexity index is 431. The Balaban J connectivity index is 1.99. The number of aromatic nitrogens is 2. The Morgan fingerprint density at radius 2 is 2.39 bits per heavy atom. The molecular formula is C11H17N5O2. The van der Waals surface area contributed by atoms with E-state index in [1.165, 1.54) is 11.2 Å². The summed E-state index contributed by atoms with van der Waals surface area (Å²) in [6.45, 7) is 0.542. The topological polar surface area (TPSA) is 118 Å². The van der Waals surface area contributed by atoms with Crippen LogP contribution in [0.3, 0.4) is 0 Å². The fourth-order valence-corrected chi connectivity index (χ4v) is 2.25. The van der Waals surface area contributed by atoms with Gasteiger partial charge in [-0.15, -0.1) is 0 Å². The lowest BCUT2D eigenvalue weighted by atomic mass is 10.1. The van der Waals surface area contributed by atoms with Gasteiger partial charge in [-0.05, 0) is 12.8 Å². The van der Waals surface area contributed by atoms with Gasteiger partial charge in [-0.2, -0.15) is 0 Å². The second kappa shape index (κ2) is 5.18. The molecule has 2 atom stereocenters. The van der Waals surface area contributed by atoms with E-state index in [0.29, 0.717) is 19.4 Å². The number of nitrogens with zero attached hydrogens (tertiary/aromatic N) is 2. The van der Waals surface area contributed by atoms with Gasteiger partial charge in [-0.3, -0.25) is 9.59 Å². The normalized spacial score (nSPS) is 20.9. The molecule has 98 valence electrons. The van der Waals surface area contributed by atoms with E-state index in [2.05, 4.69) is 9.97 Å². The highest BCUT2D eigenvalue weighted by Crippen LogP contribution is 2.18. The van der Waals surface area contributed by atoms with Crippen LogP contribution >= 0.6 is 0 Å². The van der Waals surface area contributed by atoms with Gasteiger partial charge in [0, 0.05) is 19.2 Å². The van der Waals surface area contributed by atoms with Crippen molar-refractivity contribution in [1.82, 2.24) is 14.9 Å². The first-order valence-electron chi connectivity index (χ1n) is 5.92. The number of imidazole rings is 1. The second-order valence-corrected chi connectivity index (χ2v) is 4.46. The van der Waals surface area contributed by atoms with E-state index in [1.54, 1.807) is 6.20 Å². The molecule has 2 amide bonds. The molecule has 0 spiro atoms. The molecule has 7 heteroatoms. The molecule has 0 bridgehead atoms. The highest BCUT2D eigenvalue weighted by atomic mass is 16.2. The molecule has 1 aliphatic heterocycles. The zero-order valence-electron chi connectivity index (χ0n) is 10.0. The fraction of sp³-hybridized carbons (Fsp3) is 0.545. The number of carbonyl (C=O) groups is 2. The molecule has 2 heterocycles. The smallest absolute Gasteiger partial charge is 0.240 e. The maximum Gasteiger partial charge on any atom is 0.240 e. The largest absolute Gasteiger partial charge is 0.368 e. The van der Waals surface area contributed by atoms with Gasteiger partial charge < -0.3 is 21.4 Å². The summed E-state index contributed by atoms with van der Waals surface area (Å²) in [4.78, 5) is 31.7. The van der Waals surface area contributed by atoms with Crippen LogP contribution in [0.5, 0.6) is 0 Å². The van der Waals surface area contributed by atoms with Crippen molar-refractivity contribution in [2.75, 3.05) is 6.54 Å². The summed E-state index contributed by atoms with van der Waals surface area (Å²) in [6.07, 6.45) is 4.99. The molecule has 1 aliphatic rings. The van der Waals surface area contributed by atoms with Crippen molar-refractivity contribution in [1.29, 1.82) is 0 Å². The standard InChI is InChI=1S/C11H17N5O2/c12-8(4-7-5-14-6-15-7)11(18)16-3-1-2-9(16)10(13)17/h5-6,8-9H,1-4,12H2,(H2,13,17)(H,14,15)/t8?,9-/m0/s1. The van der Waals surface area contributed by atoms with Crippen molar-refractivity contribution in [3.63, 3.8) is 0 Å². The summed E-state index contributed by atoms with van der Waals surface area (Å²) >= 11 is 0. The lowest BCUT2D eigenvalue weighted by Gasteiger charge is -2.25. The van der Waals surface area contributed by atoms with Crippen LogP contribution in [0, 0.1) is 0 Å². The van der Waals surface area contributed by atoms with Gasteiger partial charge in [-0.25, -0.2) is 4.98 Å². The Labute approximate surface area is 105 Å². The van der Waals surface area contributed by atoms with Crippen LogP contribution in [0.2, 0.25) is 0 Å². The molecule has 0 aliphatic carbocycles. The van der Waals surface area contributed by atoms with Crippen molar-refractivity contribution >= 4 is 11.8 Å². The molecule has 0 saturated carbocycles. The SMILES string of the molecule is NC(=O)[C@@H]1CCCN1C(=O)C(N)Cc1c[nH]cn1. The second-order valence-electron chi connectivity index (χ2n) is 4.46. The Kier molecular flexibility index (Phi) is 3.61. The van der Waals surface area contributed by atoms with E-state index >= 15 is 0 Å². The lowest BCUT2D eigenvalue weighted by Crippen LogP contribution is -2.50. The maximum atomic E-state index is 12.1. The molecule has 1 aromatic heterocycles. The average molecular weight is 251 g/mol. The monoisotopic (exact) mass is 251 g/mol. The van der Waals surface area contributed by atoms with Crippen LogP contribution in [-0.4, -0.2) is 45.3 Å². The van der Waals surface area contributed by atoms with Crippen LogP contribution in [-0.2, 0) is 16.0 Å². The molecule has 18 heavy (non-hydrogen) atoms. The molecule has 0 aromatic carbocycles.